The maximum absolute atomic E-state index is 13.2. The van der Waals surface area contributed by atoms with Gasteiger partial charge in [-0.1, -0.05) is 32.0 Å². The van der Waals surface area contributed by atoms with Crippen molar-refractivity contribution < 1.29 is 29.1 Å². The summed E-state index contributed by atoms with van der Waals surface area (Å²) < 4.78 is 0. The highest BCUT2D eigenvalue weighted by atomic mass is 16.4. The van der Waals surface area contributed by atoms with Gasteiger partial charge in [-0.15, -0.1) is 0 Å². The van der Waals surface area contributed by atoms with E-state index in [-0.39, 0.29) is 18.8 Å². The summed E-state index contributed by atoms with van der Waals surface area (Å²) in [7, 11) is 0. The molecule has 4 amide bonds. The van der Waals surface area contributed by atoms with E-state index in [1.54, 1.807) is 20.0 Å². The van der Waals surface area contributed by atoms with Crippen molar-refractivity contribution in [3.05, 3.63) is 36.0 Å². The molecule has 0 aliphatic rings. The van der Waals surface area contributed by atoms with E-state index in [0.717, 1.165) is 16.5 Å². The number of carboxylic acid groups (broad SMARTS) is 1. The molecule has 0 radical (unpaired) electrons. The van der Waals surface area contributed by atoms with E-state index in [1.807, 2.05) is 24.3 Å². The third kappa shape index (κ3) is 8.08. The van der Waals surface area contributed by atoms with E-state index < -0.39 is 60.2 Å². The number of carbonyl (C=O) groups excluding carboxylic acids is 4. The Bertz CT molecular complexity index is 1110. The zero-order valence-corrected chi connectivity index (χ0v) is 20.5. The number of aliphatic carboxylic acids is 1. The third-order valence-electron chi connectivity index (χ3n) is 5.51. The Morgan fingerprint density at radius 3 is 2.08 bits per heavy atom. The van der Waals surface area contributed by atoms with Gasteiger partial charge in [0.25, 0.3) is 0 Å². The summed E-state index contributed by atoms with van der Waals surface area (Å²) in [6.07, 6.45) is 1.35. The molecule has 0 fully saturated rings. The average molecular weight is 503 g/mol. The van der Waals surface area contributed by atoms with Crippen LogP contribution in [0.4, 0.5) is 0 Å². The van der Waals surface area contributed by atoms with Crippen LogP contribution in [0.15, 0.2) is 30.5 Å². The third-order valence-corrected chi connectivity index (χ3v) is 5.51. The van der Waals surface area contributed by atoms with Gasteiger partial charge in [-0.25, -0.2) is 4.79 Å². The zero-order valence-electron chi connectivity index (χ0n) is 20.5. The van der Waals surface area contributed by atoms with Gasteiger partial charge >= 0.3 is 5.97 Å². The largest absolute Gasteiger partial charge is 0.480 e. The molecule has 196 valence electrons. The molecule has 0 aliphatic heterocycles. The van der Waals surface area contributed by atoms with E-state index in [1.165, 1.54) is 6.92 Å². The lowest BCUT2D eigenvalue weighted by Gasteiger charge is -2.25. The summed E-state index contributed by atoms with van der Waals surface area (Å²) in [4.78, 5) is 64.7. The first-order valence-electron chi connectivity index (χ1n) is 11.6. The number of aromatic nitrogens is 1. The van der Waals surface area contributed by atoms with Crippen molar-refractivity contribution in [3.63, 3.8) is 0 Å². The molecule has 4 atom stereocenters. The molecule has 1 aromatic heterocycles. The SMILES string of the molecule is CC(C)CC(NC(=O)C(CC(N)=O)NC(=O)C(Cc1c[nH]c2ccccc12)NC(=O)C(C)N)C(=O)O. The first kappa shape index (κ1) is 28.3. The van der Waals surface area contributed by atoms with Gasteiger partial charge in [0.2, 0.25) is 23.6 Å². The molecular weight excluding hydrogens is 468 g/mol. The first-order chi connectivity index (χ1) is 16.9. The fraction of sp³-hybridized carbons (Fsp3) is 0.458. The summed E-state index contributed by atoms with van der Waals surface area (Å²) >= 11 is 0. The van der Waals surface area contributed by atoms with E-state index in [9.17, 15) is 29.1 Å². The van der Waals surface area contributed by atoms with Crippen molar-refractivity contribution in [2.24, 2.45) is 17.4 Å². The van der Waals surface area contributed by atoms with Crippen molar-refractivity contribution in [1.82, 2.24) is 20.9 Å². The molecule has 4 unspecified atom stereocenters. The van der Waals surface area contributed by atoms with Gasteiger partial charge in [-0.2, -0.15) is 0 Å². The highest BCUT2D eigenvalue weighted by Gasteiger charge is 2.31. The first-order valence-corrected chi connectivity index (χ1v) is 11.6. The Labute approximate surface area is 208 Å². The second kappa shape index (κ2) is 12.7. The summed E-state index contributed by atoms with van der Waals surface area (Å²) in [5.74, 6) is -4.38. The monoisotopic (exact) mass is 502 g/mol. The van der Waals surface area contributed by atoms with Gasteiger partial charge in [0.1, 0.15) is 18.1 Å². The number of H-pyrrole nitrogens is 1. The van der Waals surface area contributed by atoms with Crippen molar-refractivity contribution in [2.75, 3.05) is 0 Å². The smallest absolute Gasteiger partial charge is 0.326 e. The second-order valence-electron chi connectivity index (χ2n) is 9.17. The molecule has 0 saturated heterocycles. The number of fused-ring (bicyclic) bond motifs is 1. The molecule has 1 heterocycles. The van der Waals surface area contributed by atoms with Crippen LogP contribution in [0, 0.1) is 5.92 Å². The molecule has 2 aromatic rings. The summed E-state index contributed by atoms with van der Waals surface area (Å²) in [6.45, 7) is 5.04. The number of aromatic amines is 1. The maximum Gasteiger partial charge on any atom is 0.326 e. The molecule has 1 aromatic carbocycles. The normalized spacial score (nSPS) is 14.5. The number of carbonyl (C=O) groups is 5. The molecule has 12 heteroatoms. The predicted molar refractivity (Wildman–Crippen MR) is 132 cm³/mol. The van der Waals surface area contributed by atoms with Crippen LogP contribution in [0.5, 0.6) is 0 Å². The molecule has 0 bridgehead atoms. The van der Waals surface area contributed by atoms with E-state index in [0.29, 0.717) is 0 Å². The highest BCUT2D eigenvalue weighted by molar-refractivity contribution is 5.96. The number of para-hydroxylation sites is 1. The topological polar surface area (TPSA) is 209 Å². The predicted octanol–water partition coefficient (Wildman–Crippen LogP) is -0.482. The fourth-order valence-corrected chi connectivity index (χ4v) is 3.68. The van der Waals surface area contributed by atoms with Gasteiger partial charge in [0.15, 0.2) is 0 Å². The van der Waals surface area contributed by atoms with Crippen molar-refractivity contribution >= 4 is 40.5 Å². The number of nitrogens with two attached hydrogens (primary N) is 2. The lowest BCUT2D eigenvalue weighted by atomic mass is 10.0. The van der Waals surface area contributed by atoms with Gasteiger partial charge in [-0.3, -0.25) is 19.2 Å². The Balaban J connectivity index is 2.27. The lowest BCUT2D eigenvalue weighted by Crippen LogP contribution is -2.58. The minimum Gasteiger partial charge on any atom is -0.480 e. The summed E-state index contributed by atoms with van der Waals surface area (Å²) in [5, 5.41) is 17.6. The molecule has 2 rings (SSSR count). The molecule has 0 spiro atoms. The number of benzene rings is 1. The molecule has 0 saturated carbocycles. The van der Waals surface area contributed by atoms with Gasteiger partial charge in [-0.05, 0) is 30.9 Å². The van der Waals surface area contributed by atoms with Crippen LogP contribution in [0.1, 0.15) is 39.2 Å². The molecule has 9 N–H and O–H groups in total. The Hall–Kier alpha value is -3.93. The summed E-state index contributed by atoms with van der Waals surface area (Å²) in [6, 6.07) is 2.69. The molecule has 36 heavy (non-hydrogen) atoms. The van der Waals surface area contributed by atoms with Crippen LogP contribution in [0.3, 0.4) is 0 Å². The fourth-order valence-electron chi connectivity index (χ4n) is 3.68. The number of hydrogen-bond acceptors (Lipinski definition) is 6. The van der Waals surface area contributed by atoms with E-state index in [2.05, 4.69) is 20.9 Å². The number of rotatable bonds is 13. The Morgan fingerprint density at radius 1 is 0.917 bits per heavy atom. The van der Waals surface area contributed by atoms with E-state index in [4.69, 9.17) is 11.5 Å². The van der Waals surface area contributed by atoms with Crippen molar-refractivity contribution in [2.45, 2.75) is 64.2 Å². The van der Waals surface area contributed by atoms with Crippen molar-refractivity contribution in [3.8, 4) is 0 Å². The highest BCUT2D eigenvalue weighted by Crippen LogP contribution is 2.19. The van der Waals surface area contributed by atoms with Crippen LogP contribution >= 0.6 is 0 Å². The number of carboxylic acids is 1. The van der Waals surface area contributed by atoms with Crippen LogP contribution in [-0.2, 0) is 30.4 Å². The standard InChI is InChI=1S/C24H34N6O6/c1-12(2)8-19(24(35)36)30-23(34)18(10-20(26)31)29-22(33)17(28-21(32)13(3)25)9-14-11-27-16-7-5-4-6-15(14)16/h4-7,11-13,17-19,27H,8-10,25H2,1-3H3,(H2,26,31)(H,28,32)(H,29,33)(H,30,34)(H,35,36). The van der Waals surface area contributed by atoms with Gasteiger partial charge in [0.05, 0.1) is 12.5 Å². The van der Waals surface area contributed by atoms with Gasteiger partial charge < -0.3 is 37.5 Å². The average Bonchev–Trinajstić information content (AvgIpc) is 3.19. The number of hydrogen-bond donors (Lipinski definition) is 7. The molecule has 0 aliphatic carbocycles. The Morgan fingerprint density at radius 2 is 1.50 bits per heavy atom. The van der Waals surface area contributed by atoms with Crippen LogP contribution in [-0.4, -0.2) is 63.9 Å². The van der Waals surface area contributed by atoms with Gasteiger partial charge in [0, 0.05) is 23.5 Å². The zero-order chi connectivity index (χ0) is 27.0. The van der Waals surface area contributed by atoms with Crippen LogP contribution < -0.4 is 27.4 Å². The van der Waals surface area contributed by atoms with Crippen LogP contribution in [0.25, 0.3) is 10.9 Å². The summed E-state index contributed by atoms with van der Waals surface area (Å²) in [5.41, 5.74) is 12.5. The number of nitrogens with one attached hydrogen (secondary N) is 4. The molecular formula is C24H34N6O6. The maximum atomic E-state index is 13.2. The quantitative estimate of drug-likeness (QED) is 0.191. The second-order valence-corrected chi connectivity index (χ2v) is 9.17. The minimum absolute atomic E-state index is 0.0374. The lowest BCUT2D eigenvalue weighted by molar-refractivity contribution is -0.143. The van der Waals surface area contributed by atoms with E-state index >= 15 is 0 Å². The Kier molecular flexibility index (Phi) is 9.97. The molecule has 12 nitrogen and oxygen atoms in total. The van der Waals surface area contributed by atoms with Crippen molar-refractivity contribution in [1.29, 1.82) is 0 Å². The van der Waals surface area contributed by atoms with Crippen LogP contribution in [0.2, 0.25) is 0 Å². The minimum atomic E-state index is -1.44. The number of amides is 4. The number of primary amides is 1.